The molecule has 0 aliphatic heterocycles. The predicted octanol–water partition coefficient (Wildman–Crippen LogP) is 4.76. The topological polar surface area (TPSA) is 83.9 Å². The SMILES string of the molecule is CCCN(c1ccc(-c2ccc(O)cc2)cc1)S(=O)(=O)c1ccc(C)c(C(=O)OC)c1. The number of ether oxygens (including phenoxy) is 1. The molecule has 0 aromatic heterocycles. The average Bonchev–Trinajstić information content (AvgIpc) is 2.77. The van der Waals surface area contributed by atoms with E-state index in [2.05, 4.69) is 0 Å². The van der Waals surface area contributed by atoms with E-state index in [4.69, 9.17) is 4.74 Å². The minimum absolute atomic E-state index is 0.0366. The Morgan fingerprint density at radius 2 is 1.55 bits per heavy atom. The van der Waals surface area contributed by atoms with Crippen LogP contribution in [-0.2, 0) is 14.8 Å². The van der Waals surface area contributed by atoms with E-state index in [0.29, 0.717) is 24.2 Å². The number of methoxy groups -OCH3 is 1. The van der Waals surface area contributed by atoms with Crippen molar-refractivity contribution in [2.45, 2.75) is 25.2 Å². The molecule has 0 saturated heterocycles. The molecule has 1 N–H and O–H groups in total. The van der Waals surface area contributed by atoms with Crippen LogP contribution in [0.2, 0.25) is 0 Å². The Labute approximate surface area is 182 Å². The molecule has 6 nitrogen and oxygen atoms in total. The lowest BCUT2D eigenvalue weighted by atomic mass is 10.1. The third-order valence-electron chi connectivity index (χ3n) is 4.98. The Morgan fingerprint density at radius 1 is 0.968 bits per heavy atom. The van der Waals surface area contributed by atoms with Crippen LogP contribution in [0.15, 0.2) is 71.6 Å². The zero-order valence-corrected chi connectivity index (χ0v) is 18.5. The monoisotopic (exact) mass is 439 g/mol. The summed E-state index contributed by atoms with van der Waals surface area (Å²) in [6.45, 7) is 3.93. The van der Waals surface area contributed by atoms with Gasteiger partial charge in [-0.15, -0.1) is 0 Å². The van der Waals surface area contributed by atoms with Gasteiger partial charge in [0.1, 0.15) is 5.75 Å². The summed E-state index contributed by atoms with van der Waals surface area (Å²) in [5.74, 6) is -0.389. The molecule has 0 atom stereocenters. The Kier molecular flexibility index (Phi) is 6.65. The molecule has 3 rings (SSSR count). The predicted molar refractivity (Wildman–Crippen MR) is 121 cm³/mol. The second kappa shape index (κ2) is 9.22. The van der Waals surface area contributed by atoms with E-state index in [-0.39, 0.29) is 16.2 Å². The molecule has 0 amide bonds. The van der Waals surface area contributed by atoms with Crippen LogP contribution in [0.3, 0.4) is 0 Å². The van der Waals surface area contributed by atoms with Crippen LogP contribution in [0.1, 0.15) is 29.3 Å². The number of benzene rings is 3. The summed E-state index contributed by atoms with van der Waals surface area (Å²) in [4.78, 5) is 12.1. The van der Waals surface area contributed by atoms with Gasteiger partial charge in [0.2, 0.25) is 0 Å². The Hall–Kier alpha value is -3.32. The minimum atomic E-state index is -3.89. The summed E-state index contributed by atoms with van der Waals surface area (Å²) < 4.78 is 33.0. The van der Waals surface area contributed by atoms with Crippen LogP contribution in [0, 0.1) is 6.92 Å². The van der Waals surface area contributed by atoms with Crippen molar-refractivity contribution in [1.29, 1.82) is 0 Å². The number of phenolic OH excluding ortho intramolecular Hbond substituents is 1. The molecule has 0 aliphatic carbocycles. The van der Waals surface area contributed by atoms with E-state index in [0.717, 1.165) is 11.1 Å². The lowest BCUT2D eigenvalue weighted by molar-refractivity contribution is 0.0599. The largest absolute Gasteiger partial charge is 0.508 e. The fourth-order valence-corrected chi connectivity index (χ4v) is 4.87. The zero-order valence-electron chi connectivity index (χ0n) is 17.7. The van der Waals surface area contributed by atoms with Gasteiger partial charge in [-0.25, -0.2) is 13.2 Å². The van der Waals surface area contributed by atoms with Crippen LogP contribution in [0.4, 0.5) is 5.69 Å². The van der Waals surface area contributed by atoms with Crippen molar-refractivity contribution in [2.24, 2.45) is 0 Å². The molecular formula is C24H25NO5S. The van der Waals surface area contributed by atoms with Gasteiger partial charge >= 0.3 is 5.97 Å². The van der Waals surface area contributed by atoms with Gasteiger partial charge in [0, 0.05) is 6.54 Å². The number of nitrogens with zero attached hydrogens (tertiary/aromatic N) is 1. The number of aromatic hydroxyl groups is 1. The maximum atomic E-state index is 13.4. The number of carbonyl (C=O) groups excluding carboxylic acids is 1. The second-order valence-corrected chi connectivity index (χ2v) is 9.00. The fraction of sp³-hybridized carbons (Fsp3) is 0.208. The number of esters is 1. The lowest BCUT2D eigenvalue weighted by Crippen LogP contribution is -2.32. The Bertz CT molecular complexity index is 1170. The number of aryl methyl sites for hydroxylation is 1. The van der Waals surface area contributed by atoms with Gasteiger partial charge in [-0.3, -0.25) is 4.31 Å². The summed E-state index contributed by atoms with van der Waals surface area (Å²) in [6, 6.07) is 18.5. The third kappa shape index (κ3) is 4.72. The van der Waals surface area contributed by atoms with Gasteiger partial charge in [0.05, 0.1) is 23.3 Å². The second-order valence-electron chi connectivity index (χ2n) is 7.14. The highest BCUT2D eigenvalue weighted by Gasteiger charge is 2.26. The minimum Gasteiger partial charge on any atom is -0.508 e. The fourth-order valence-electron chi connectivity index (χ4n) is 3.28. The standard InChI is InChI=1S/C24H25NO5S/c1-4-15-25(20-10-6-18(7-11-20)19-8-12-21(26)13-9-19)31(28,29)22-14-5-17(2)23(16-22)24(27)30-3/h5-14,16,26H,4,15H2,1-3H3. The number of hydrogen-bond acceptors (Lipinski definition) is 5. The van der Waals surface area contributed by atoms with Gasteiger partial charge < -0.3 is 9.84 Å². The van der Waals surface area contributed by atoms with E-state index in [1.165, 1.54) is 23.5 Å². The Morgan fingerprint density at radius 3 is 2.10 bits per heavy atom. The van der Waals surface area contributed by atoms with Gasteiger partial charge in [-0.1, -0.05) is 37.3 Å². The van der Waals surface area contributed by atoms with Crippen molar-refractivity contribution in [3.8, 4) is 16.9 Å². The normalized spacial score (nSPS) is 11.2. The van der Waals surface area contributed by atoms with Crippen molar-refractivity contribution in [2.75, 3.05) is 18.0 Å². The number of hydrogen-bond donors (Lipinski definition) is 1. The molecule has 0 saturated carbocycles. The first-order chi connectivity index (χ1) is 14.8. The summed E-state index contributed by atoms with van der Waals surface area (Å²) in [6.07, 6.45) is 0.620. The highest BCUT2D eigenvalue weighted by Crippen LogP contribution is 2.29. The van der Waals surface area contributed by atoms with Crippen LogP contribution in [0.5, 0.6) is 5.75 Å². The molecule has 7 heteroatoms. The summed E-state index contributed by atoms with van der Waals surface area (Å²) >= 11 is 0. The first-order valence-electron chi connectivity index (χ1n) is 9.89. The summed E-state index contributed by atoms with van der Waals surface area (Å²) in [5.41, 5.74) is 3.22. The van der Waals surface area contributed by atoms with Crippen molar-refractivity contribution in [3.63, 3.8) is 0 Å². The van der Waals surface area contributed by atoms with Crippen LogP contribution < -0.4 is 4.31 Å². The molecule has 0 heterocycles. The zero-order chi connectivity index (χ0) is 22.6. The lowest BCUT2D eigenvalue weighted by Gasteiger charge is -2.24. The molecule has 162 valence electrons. The van der Waals surface area contributed by atoms with Gasteiger partial charge in [-0.05, 0) is 66.4 Å². The van der Waals surface area contributed by atoms with E-state index < -0.39 is 16.0 Å². The third-order valence-corrected chi connectivity index (χ3v) is 6.81. The molecule has 0 spiro atoms. The van der Waals surface area contributed by atoms with Crippen LogP contribution in [-0.4, -0.2) is 33.1 Å². The highest BCUT2D eigenvalue weighted by atomic mass is 32.2. The molecule has 0 aliphatic rings. The number of carbonyl (C=O) groups is 1. The molecule has 3 aromatic carbocycles. The molecule has 0 bridgehead atoms. The van der Waals surface area contributed by atoms with Crippen molar-refractivity contribution in [1.82, 2.24) is 0 Å². The molecular weight excluding hydrogens is 414 g/mol. The quantitative estimate of drug-likeness (QED) is 0.537. The first-order valence-corrected chi connectivity index (χ1v) is 11.3. The van der Waals surface area contributed by atoms with E-state index >= 15 is 0 Å². The van der Waals surface area contributed by atoms with Crippen molar-refractivity contribution < 1.29 is 23.1 Å². The average molecular weight is 440 g/mol. The molecule has 3 aromatic rings. The number of sulfonamides is 1. The van der Waals surface area contributed by atoms with Gasteiger partial charge in [0.15, 0.2) is 0 Å². The van der Waals surface area contributed by atoms with Gasteiger partial charge in [-0.2, -0.15) is 0 Å². The van der Waals surface area contributed by atoms with E-state index in [1.54, 1.807) is 49.4 Å². The summed E-state index contributed by atoms with van der Waals surface area (Å²) in [7, 11) is -2.62. The number of phenols is 1. The van der Waals surface area contributed by atoms with Crippen LogP contribution in [0.25, 0.3) is 11.1 Å². The van der Waals surface area contributed by atoms with Crippen molar-refractivity contribution in [3.05, 3.63) is 77.9 Å². The molecule has 31 heavy (non-hydrogen) atoms. The Balaban J connectivity index is 1.99. The maximum absolute atomic E-state index is 13.4. The van der Waals surface area contributed by atoms with E-state index in [9.17, 15) is 18.3 Å². The molecule has 0 radical (unpaired) electrons. The summed E-state index contributed by atoms with van der Waals surface area (Å²) in [5, 5.41) is 9.46. The molecule has 0 fully saturated rings. The number of anilines is 1. The number of rotatable bonds is 7. The van der Waals surface area contributed by atoms with E-state index in [1.807, 2.05) is 19.1 Å². The highest BCUT2D eigenvalue weighted by molar-refractivity contribution is 7.92. The maximum Gasteiger partial charge on any atom is 0.338 e. The van der Waals surface area contributed by atoms with Gasteiger partial charge in [0.25, 0.3) is 10.0 Å². The van der Waals surface area contributed by atoms with Crippen molar-refractivity contribution >= 4 is 21.7 Å². The smallest absolute Gasteiger partial charge is 0.338 e. The first kappa shape index (κ1) is 22.4. The molecule has 0 unspecified atom stereocenters. The van der Waals surface area contributed by atoms with Crippen LogP contribution >= 0.6 is 0 Å².